The second-order valence-electron chi connectivity index (χ2n) is 4.46. The molecule has 2 aliphatic rings. The van der Waals surface area contributed by atoms with E-state index in [4.69, 9.17) is 0 Å². The molecular weight excluding hydrogens is 162 g/mol. The van der Waals surface area contributed by atoms with Gasteiger partial charge in [0.05, 0.1) is 0 Å². The average Bonchev–Trinajstić information content (AvgIpc) is 2.56. The van der Waals surface area contributed by atoms with E-state index in [-0.39, 0.29) is 5.91 Å². The third kappa shape index (κ3) is 2.23. The van der Waals surface area contributed by atoms with E-state index < -0.39 is 0 Å². The lowest BCUT2D eigenvalue weighted by molar-refractivity contribution is -0.121. The van der Waals surface area contributed by atoms with Crippen molar-refractivity contribution in [1.82, 2.24) is 5.32 Å². The molecule has 2 nitrogen and oxygen atoms in total. The van der Waals surface area contributed by atoms with Crippen LogP contribution in [0, 0.1) is 5.92 Å². The summed E-state index contributed by atoms with van der Waals surface area (Å²) < 4.78 is 0. The molecule has 1 saturated heterocycles. The predicted octanol–water partition coefficient (Wildman–Crippen LogP) is 2.24. The first kappa shape index (κ1) is 9.04. The molecule has 74 valence electrons. The first-order valence-corrected chi connectivity index (χ1v) is 5.65. The Morgan fingerprint density at radius 3 is 2.46 bits per heavy atom. The van der Waals surface area contributed by atoms with E-state index in [1.54, 1.807) is 0 Å². The summed E-state index contributed by atoms with van der Waals surface area (Å²) in [6.45, 7) is 0. The van der Waals surface area contributed by atoms with E-state index in [0.29, 0.717) is 6.04 Å². The summed E-state index contributed by atoms with van der Waals surface area (Å²) in [5, 5.41) is 3.18. The summed E-state index contributed by atoms with van der Waals surface area (Å²) >= 11 is 0. The lowest BCUT2D eigenvalue weighted by atomic mass is 9.94. The Morgan fingerprint density at radius 1 is 1.00 bits per heavy atom. The summed E-state index contributed by atoms with van der Waals surface area (Å²) in [6, 6.07) is 0.512. The molecule has 1 unspecified atom stereocenters. The van der Waals surface area contributed by atoms with Gasteiger partial charge in [0.15, 0.2) is 0 Å². The Morgan fingerprint density at radius 2 is 1.69 bits per heavy atom. The molecular formula is C11H19NO. The largest absolute Gasteiger partial charge is 0.353 e. The van der Waals surface area contributed by atoms with Gasteiger partial charge in [-0.1, -0.05) is 19.3 Å². The topological polar surface area (TPSA) is 29.1 Å². The smallest absolute Gasteiger partial charge is 0.220 e. The Bertz CT molecular complexity index is 185. The number of hydrogen-bond acceptors (Lipinski definition) is 1. The van der Waals surface area contributed by atoms with Gasteiger partial charge in [-0.15, -0.1) is 0 Å². The lowest BCUT2D eigenvalue weighted by Crippen LogP contribution is -2.37. The van der Waals surface area contributed by atoms with Gasteiger partial charge >= 0.3 is 0 Å². The van der Waals surface area contributed by atoms with Crippen LogP contribution in [0.4, 0.5) is 0 Å². The standard InChI is InChI=1S/C11H19NO/c13-11-8-4-3-7-10(12-11)9-5-1-2-6-9/h9-10H,1-8H2,(H,12,13). The number of carbonyl (C=O) groups excluding carboxylic acids is 1. The van der Waals surface area contributed by atoms with E-state index >= 15 is 0 Å². The van der Waals surface area contributed by atoms with Crippen molar-refractivity contribution < 1.29 is 4.79 Å². The zero-order valence-corrected chi connectivity index (χ0v) is 8.22. The van der Waals surface area contributed by atoms with Crippen molar-refractivity contribution in [3.05, 3.63) is 0 Å². The lowest BCUT2D eigenvalue weighted by Gasteiger charge is -2.22. The number of hydrogen-bond donors (Lipinski definition) is 1. The molecule has 0 spiro atoms. The third-order valence-corrected chi connectivity index (χ3v) is 3.48. The first-order chi connectivity index (χ1) is 6.36. The van der Waals surface area contributed by atoms with Crippen molar-refractivity contribution >= 4 is 5.91 Å². The van der Waals surface area contributed by atoms with Gasteiger partial charge in [0.2, 0.25) is 5.91 Å². The average molecular weight is 181 g/mol. The van der Waals surface area contributed by atoms with Crippen molar-refractivity contribution in [1.29, 1.82) is 0 Å². The molecule has 1 heterocycles. The van der Waals surface area contributed by atoms with Crippen LogP contribution in [0.2, 0.25) is 0 Å². The van der Waals surface area contributed by atoms with Crippen LogP contribution < -0.4 is 5.32 Å². The number of nitrogens with one attached hydrogen (secondary N) is 1. The zero-order valence-electron chi connectivity index (χ0n) is 8.22. The highest BCUT2D eigenvalue weighted by atomic mass is 16.1. The Labute approximate surface area is 80.1 Å². The monoisotopic (exact) mass is 181 g/mol. The molecule has 0 aromatic rings. The van der Waals surface area contributed by atoms with E-state index in [0.717, 1.165) is 18.8 Å². The SMILES string of the molecule is O=C1CCCCC(C2CCCC2)N1. The molecule has 1 aliphatic heterocycles. The van der Waals surface area contributed by atoms with Crippen molar-refractivity contribution in [3.63, 3.8) is 0 Å². The Hall–Kier alpha value is -0.530. The second-order valence-corrected chi connectivity index (χ2v) is 4.46. The van der Waals surface area contributed by atoms with Gasteiger partial charge in [-0.2, -0.15) is 0 Å². The molecule has 2 fully saturated rings. The Kier molecular flexibility index (Phi) is 2.87. The molecule has 1 aliphatic carbocycles. The normalized spacial score (nSPS) is 31.4. The highest BCUT2D eigenvalue weighted by Crippen LogP contribution is 2.30. The van der Waals surface area contributed by atoms with Crippen LogP contribution in [-0.4, -0.2) is 11.9 Å². The highest BCUT2D eigenvalue weighted by molar-refractivity contribution is 5.76. The van der Waals surface area contributed by atoms with Crippen molar-refractivity contribution in [3.8, 4) is 0 Å². The van der Waals surface area contributed by atoms with E-state index in [1.165, 1.54) is 38.5 Å². The Balaban J connectivity index is 1.92. The van der Waals surface area contributed by atoms with Gasteiger partial charge < -0.3 is 5.32 Å². The van der Waals surface area contributed by atoms with Crippen LogP contribution in [-0.2, 0) is 4.79 Å². The number of rotatable bonds is 1. The maximum absolute atomic E-state index is 11.3. The van der Waals surface area contributed by atoms with Crippen molar-refractivity contribution in [2.45, 2.75) is 57.4 Å². The molecule has 2 rings (SSSR count). The summed E-state index contributed by atoms with van der Waals surface area (Å²) in [4.78, 5) is 11.3. The molecule has 2 heteroatoms. The van der Waals surface area contributed by atoms with Crippen LogP contribution in [0.3, 0.4) is 0 Å². The van der Waals surface area contributed by atoms with Crippen LogP contribution >= 0.6 is 0 Å². The summed E-state index contributed by atoms with van der Waals surface area (Å²) in [5.74, 6) is 1.08. The molecule has 0 radical (unpaired) electrons. The van der Waals surface area contributed by atoms with Crippen molar-refractivity contribution in [2.75, 3.05) is 0 Å². The molecule has 0 aromatic carbocycles. The fourth-order valence-electron chi connectivity index (χ4n) is 2.71. The van der Waals surface area contributed by atoms with Crippen LogP contribution in [0.25, 0.3) is 0 Å². The van der Waals surface area contributed by atoms with E-state index in [9.17, 15) is 4.79 Å². The van der Waals surface area contributed by atoms with Crippen LogP contribution in [0.15, 0.2) is 0 Å². The second kappa shape index (κ2) is 4.12. The van der Waals surface area contributed by atoms with Crippen molar-refractivity contribution in [2.24, 2.45) is 5.92 Å². The van der Waals surface area contributed by atoms with Gasteiger partial charge in [0.25, 0.3) is 0 Å². The number of amides is 1. The molecule has 13 heavy (non-hydrogen) atoms. The zero-order chi connectivity index (χ0) is 9.10. The van der Waals surface area contributed by atoms with Gasteiger partial charge in [-0.05, 0) is 31.6 Å². The first-order valence-electron chi connectivity index (χ1n) is 5.65. The molecule has 1 amide bonds. The third-order valence-electron chi connectivity index (χ3n) is 3.48. The summed E-state index contributed by atoms with van der Waals surface area (Å²) in [7, 11) is 0. The highest BCUT2D eigenvalue weighted by Gasteiger charge is 2.27. The maximum atomic E-state index is 11.3. The molecule has 0 aromatic heterocycles. The molecule has 1 N–H and O–H groups in total. The maximum Gasteiger partial charge on any atom is 0.220 e. The fraction of sp³-hybridized carbons (Fsp3) is 0.909. The minimum absolute atomic E-state index is 0.286. The predicted molar refractivity (Wildman–Crippen MR) is 52.4 cm³/mol. The van der Waals surface area contributed by atoms with Gasteiger partial charge in [0, 0.05) is 12.5 Å². The van der Waals surface area contributed by atoms with Crippen LogP contribution in [0.5, 0.6) is 0 Å². The number of carbonyl (C=O) groups is 1. The van der Waals surface area contributed by atoms with Crippen LogP contribution in [0.1, 0.15) is 51.4 Å². The van der Waals surface area contributed by atoms with Gasteiger partial charge in [0.1, 0.15) is 0 Å². The van der Waals surface area contributed by atoms with Gasteiger partial charge in [-0.3, -0.25) is 4.79 Å². The molecule has 1 atom stereocenters. The fourth-order valence-corrected chi connectivity index (χ4v) is 2.71. The van der Waals surface area contributed by atoms with Gasteiger partial charge in [-0.25, -0.2) is 0 Å². The summed E-state index contributed by atoms with van der Waals surface area (Å²) in [6.07, 6.45) is 9.72. The molecule has 1 saturated carbocycles. The summed E-state index contributed by atoms with van der Waals surface area (Å²) in [5.41, 5.74) is 0. The minimum atomic E-state index is 0.286. The minimum Gasteiger partial charge on any atom is -0.353 e. The van der Waals surface area contributed by atoms with E-state index in [1.807, 2.05) is 0 Å². The quantitative estimate of drug-likeness (QED) is 0.660. The molecule has 0 bridgehead atoms. The van der Waals surface area contributed by atoms with E-state index in [2.05, 4.69) is 5.32 Å².